The van der Waals surface area contributed by atoms with Crippen molar-refractivity contribution >= 4 is 53.3 Å². The molecule has 0 aliphatic heterocycles. The SMILES string of the molecule is Cc1ccccc1[P+]([B-]C(Cl)Cl)(c1ccccc1C)c1ccccc1C. The van der Waals surface area contributed by atoms with Gasteiger partial charge in [0.05, 0.1) is 15.9 Å². The third-order valence-corrected chi connectivity index (χ3v) is 9.96. The van der Waals surface area contributed by atoms with Crippen molar-refractivity contribution in [3.05, 3.63) is 89.5 Å². The molecule has 3 rings (SSSR count). The van der Waals surface area contributed by atoms with Gasteiger partial charge in [0, 0.05) is 0 Å². The summed E-state index contributed by atoms with van der Waals surface area (Å²) in [5, 5.41) is 3.94. The molecule has 0 saturated heterocycles. The lowest BCUT2D eigenvalue weighted by molar-refractivity contribution is 1.49. The first kappa shape index (κ1) is 19.5. The molecule has 0 unspecified atom stereocenters. The van der Waals surface area contributed by atoms with Gasteiger partial charge in [0.1, 0.15) is 0 Å². The molecule has 0 atom stereocenters. The fraction of sp³-hybridized carbons (Fsp3) is 0.182. The summed E-state index contributed by atoms with van der Waals surface area (Å²) in [6.07, 6.45) is 0. The van der Waals surface area contributed by atoms with Crippen LogP contribution in [0.1, 0.15) is 16.7 Å². The summed E-state index contributed by atoms with van der Waals surface area (Å²) < 4.78 is -0.554. The number of aryl methyl sites for hydroxylation is 3. The standard InChI is InChI=1S/C22H22BCl2P/c1-16-10-4-7-13-19(16)26(23-22(24)25,20-14-8-5-11-17(20)2)21-15-9-6-12-18(21)3/h4-15,22H,1-3H3. The summed E-state index contributed by atoms with van der Waals surface area (Å²) in [5.41, 5.74) is 3.78. The number of halogens is 2. The van der Waals surface area contributed by atoms with E-state index in [4.69, 9.17) is 23.2 Å². The summed E-state index contributed by atoms with van der Waals surface area (Å²) in [7, 11) is -2.11. The summed E-state index contributed by atoms with van der Waals surface area (Å²) in [4.78, 5) is 0. The van der Waals surface area contributed by atoms with Gasteiger partial charge < -0.3 is 0 Å². The van der Waals surface area contributed by atoms with Crippen LogP contribution in [0, 0.1) is 20.8 Å². The molecule has 0 saturated carbocycles. The van der Waals surface area contributed by atoms with E-state index in [0.29, 0.717) is 0 Å². The van der Waals surface area contributed by atoms with Crippen LogP contribution in [0.15, 0.2) is 72.8 Å². The molecule has 4 heteroatoms. The predicted octanol–water partition coefficient (Wildman–Crippen LogP) is 5.29. The Morgan fingerprint density at radius 3 is 1.19 bits per heavy atom. The first-order valence-corrected chi connectivity index (χ1v) is 11.4. The van der Waals surface area contributed by atoms with Crippen molar-refractivity contribution in [2.45, 2.75) is 25.5 Å². The Balaban J connectivity index is 2.46. The van der Waals surface area contributed by atoms with Crippen molar-refractivity contribution in [1.82, 2.24) is 0 Å². The van der Waals surface area contributed by atoms with Gasteiger partial charge in [0.25, 0.3) is 0 Å². The first-order valence-electron chi connectivity index (χ1n) is 8.68. The van der Waals surface area contributed by atoms with Crippen molar-refractivity contribution in [1.29, 1.82) is 0 Å². The Morgan fingerprint density at radius 2 is 0.923 bits per heavy atom. The maximum absolute atomic E-state index is 6.41. The molecule has 2 radical (unpaired) electrons. The van der Waals surface area contributed by atoms with Crippen LogP contribution in [0.2, 0.25) is 0 Å². The molecule has 3 aromatic rings. The molecule has 0 amide bonds. The second kappa shape index (κ2) is 8.18. The second-order valence-electron chi connectivity index (χ2n) is 6.57. The van der Waals surface area contributed by atoms with Gasteiger partial charge in [-0.15, -0.1) is 7.14 Å². The minimum Gasteiger partial charge on any atom is -0.151 e. The minimum absolute atomic E-state index is 0.554. The number of hydrogen-bond donors (Lipinski definition) is 0. The lowest BCUT2D eigenvalue weighted by Crippen LogP contribution is -2.40. The first-order chi connectivity index (χ1) is 12.5. The summed E-state index contributed by atoms with van der Waals surface area (Å²) in [5.74, 6) is 0. The molecule has 0 spiro atoms. The Bertz CT molecular complexity index is 797. The molecule has 0 bridgehead atoms. The number of benzene rings is 3. The topological polar surface area (TPSA) is 0 Å². The van der Waals surface area contributed by atoms with Gasteiger partial charge in [0.2, 0.25) is 0 Å². The average Bonchev–Trinajstić information content (AvgIpc) is 2.61. The second-order valence-corrected chi connectivity index (χ2v) is 10.9. The Labute approximate surface area is 168 Å². The number of alkyl halides is 2. The zero-order valence-corrected chi connectivity index (χ0v) is 17.7. The van der Waals surface area contributed by atoms with E-state index in [2.05, 4.69) is 101 Å². The van der Waals surface area contributed by atoms with Gasteiger partial charge >= 0.3 is 0 Å². The third-order valence-electron chi connectivity index (χ3n) is 4.82. The van der Waals surface area contributed by atoms with E-state index in [-0.39, 0.29) is 0 Å². The zero-order chi connectivity index (χ0) is 18.7. The predicted molar refractivity (Wildman–Crippen MR) is 121 cm³/mol. The quantitative estimate of drug-likeness (QED) is 0.311. The highest BCUT2D eigenvalue weighted by Gasteiger charge is 2.38. The van der Waals surface area contributed by atoms with Crippen LogP contribution in [0.4, 0.5) is 0 Å². The Hall–Kier alpha value is -1.27. The molecule has 26 heavy (non-hydrogen) atoms. The molecular weight excluding hydrogens is 377 g/mol. The monoisotopic (exact) mass is 398 g/mol. The third kappa shape index (κ3) is 3.58. The van der Waals surface area contributed by atoms with E-state index in [9.17, 15) is 0 Å². The fourth-order valence-corrected chi connectivity index (χ4v) is 9.15. The van der Waals surface area contributed by atoms with Crippen LogP contribution in [0.5, 0.6) is 0 Å². The summed E-state index contributed by atoms with van der Waals surface area (Å²) in [6, 6.07) is 25.8. The smallest absolute Gasteiger partial charge is 0.0575 e. The molecule has 0 aliphatic carbocycles. The van der Waals surface area contributed by atoms with E-state index >= 15 is 0 Å². The molecule has 0 heterocycles. The van der Waals surface area contributed by atoms with Crippen LogP contribution >= 0.6 is 30.3 Å². The molecule has 0 fully saturated rings. The normalized spacial score (nSPS) is 11.8. The van der Waals surface area contributed by atoms with Crippen LogP contribution in [-0.4, -0.2) is 11.7 Å². The van der Waals surface area contributed by atoms with E-state index in [1.807, 2.05) is 0 Å². The number of rotatable bonds is 5. The maximum Gasteiger partial charge on any atom is 0.0575 e. The van der Waals surface area contributed by atoms with E-state index in [1.54, 1.807) is 0 Å². The van der Waals surface area contributed by atoms with Gasteiger partial charge in [-0.05, 0) is 67.4 Å². The highest BCUT2D eigenvalue weighted by Crippen LogP contribution is 2.56. The van der Waals surface area contributed by atoms with E-state index < -0.39 is 11.9 Å². The number of hydrogen-bond acceptors (Lipinski definition) is 0. The van der Waals surface area contributed by atoms with Crippen molar-refractivity contribution in [2.75, 3.05) is 0 Å². The molecule has 0 aliphatic rings. The van der Waals surface area contributed by atoms with Gasteiger partial charge in [-0.2, -0.15) is 23.2 Å². The van der Waals surface area contributed by atoms with Crippen LogP contribution in [-0.2, 0) is 0 Å². The molecule has 0 aromatic heterocycles. The maximum atomic E-state index is 6.41. The summed E-state index contributed by atoms with van der Waals surface area (Å²) >= 11 is 12.8. The summed E-state index contributed by atoms with van der Waals surface area (Å²) in [6.45, 7) is 8.69. The molecule has 132 valence electrons. The van der Waals surface area contributed by atoms with Crippen molar-refractivity contribution < 1.29 is 0 Å². The lowest BCUT2D eigenvalue weighted by Gasteiger charge is -2.42. The Morgan fingerprint density at radius 1 is 0.615 bits per heavy atom. The molecule has 0 N–H and O–H groups in total. The van der Waals surface area contributed by atoms with Crippen LogP contribution in [0.25, 0.3) is 0 Å². The van der Waals surface area contributed by atoms with Crippen molar-refractivity contribution in [2.24, 2.45) is 0 Å². The van der Waals surface area contributed by atoms with Gasteiger partial charge in [-0.3, -0.25) is 0 Å². The fourth-order valence-electron chi connectivity index (χ4n) is 3.68. The minimum atomic E-state index is -2.11. The Kier molecular flexibility index (Phi) is 6.13. The van der Waals surface area contributed by atoms with E-state index in [1.165, 1.54) is 32.6 Å². The van der Waals surface area contributed by atoms with Gasteiger partial charge in [-0.25, -0.2) is 0 Å². The highest BCUT2D eigenvalue weighted by atomic mass is 35.5. The van der Waals surface area contributed by atoms with E-state index in [0.717, 1.165) is 0 Å². The average molecular weight is 399 g/mol. The van der Waals surface area contributed by atoms with Crippen LogP contribution < -0.4 is 15.9 Å². The van der Waals surface area contributed by atoms with Crippen molar-refractivity contribution in [3.63, 3.8) is 0 Å². The lowest BCUT2D eigenvalue weighted by atomic mass is 10.2. The molecule has 0 nitrogen and oxygen atoms in total. The molecule has 3 aromatic carbocycles. The zero-order valence-electron chi connectivity index (χ0n) is 15.3. The van der Waals surface area contributed by atoms with Gasteiger partial charge in [0.15, 0.2) is 0 Å². The highest BCUT2D eigenvalue weighted by molar-refractivity contribution is 8.16. The van der Waals surface area contributed by atoms with Crippen molar-refractivity contribution in [3.8, 4) is 0 Å². The van der Waals surface area contributed by atoms with Crippen LogP contribution in [0.3, 0.4) is 0 Å². The van der Waals surface area contributed by atoms with Gasteiger partial charge in [-0.1, -0.05) is 54.6 Å². The largest absolute Gasteiger partial charge is 0.151 e. The molecular formula is C22H22BCl2P.